The van der Waals surface area contributed by atoms with Crippen LogP contribution in [0.5, 0.6) is 5.75 Å². The summed E-state index contributed by atoms with van der Waals surface area (Å²) >= 11 is 0. The third kappa shape index (κ3) is 4.00. The van der Waals surface area contributed by atoms with E-state index in [1.807, 2.05) is 37.3 Å². The van der Waals surface area contributed by atoms with E-state index in [0.29, 0.717) is 12.2 Å². The first-order valence-corrected chi connectivity index (χ1v) is 9.29. The lowest BCUT2D eigenvalue weighted by molar-refractivity contribution is 0.379. The Morgan fingerprint density at radius 3 is 2.09 bits per heavy atom. The summed E-state index contributed by atoms with van der Waals surface area (Å²) in [5.74, 6) is 0.437. The van der Waals surface area contributed by atoms with E-state index in [0.717, 1.165) is 5.56 Å². The topological polar surface area (TPSA) is 46.5 Å². The number of hydrogen-bond acceptors (Lipinski definition) is 2. The molecule has 2 aromatic carbocycles. The summed E-state index contributed by atoms with van der Waals surface area (Å²) < 4.78 is 17.0. The summed E-state index contributed by atoms with van der Waals surface area (Å²) in [7, 11) is -3.53. The Hall–Kier alpha value is -1.57. The minimum absolute atomic E-state index is 0.133. The molecule has 4 heteroatoms. The Morgan fingerprint density at radius 2 is 1.55 bits per heavy atom. The van der Waals surface area contributed by atoms with E-state index in [-0.39, 0.29) is 11.6 Å². The zero-order valence-corrected chi connectivity index (χ0v) is 14.2. The zero-order chi connectivity index (χ0) is 16.2. The van der Waals surface area contributed by atoms with Gasteiger partial charge in [0.15, 0.2) is 0 Å². The second-order valence-corrected chi connectivity index (χ2v) is 7.87. The Bertz CT molecular complexity index is 648. The Balaban J connectivity index is 2.20. The minimum atomic E-state index is -3.53. The van der Waals surface area contributed by atoms with E-state index < -0.39 is 7.60 Å². The standard InChI is InChI=1S/C18H23O3P/c1-4-14-22(19,20)21-17-12-10-16(11-13-17)18(2,3)15-8-6-5-7-9-15/h5-13H,4,14H2,1-3H3,(H,19,20). The van der Waals surface area contributed by atoms with E-state index in [9.17, 15) is 9.46 Å². The summed E-state index contributed by atoms with van der Waals surface area (Å²) in [6, 6.07) is 17.7. The summed E-state index contributed by atoms with van der Waals surface area (Å²) in [5, 5.41) is 0. The lowest BCUT2D eigenvalue weighted by Gasteiger charge is -2.26. The van der Waals surface area contributed by atoms with Crippen LogP contribution in [0.1, 0.15) is 38.3 Å². The van der Waals surface area contributed by atoms with Gasteiger partial charge in [0.05, 0.1) is 6.16 Å². The van der Waals surface area contributed by atoms with Gasteiger partial charge in [0.25, 0.3) is 0 Å². The number of hydrogen-bond donors (Lipinski definition) is 1. The molecule has 0 heterocycles. The van der Waals surface area contributed by atoms with Gasteiger partial charge in [-0.2, -0.15) is 0 Å². The zero-order valence-electron chi connectivity index (χ0n) is 13.3. The van der Waals surface area contributed by atoms with Gasteiger partial charge in [-0.15, -0.1) is 0 Å². The van der Waals surface area contributed by atoms with E-state index >= 15 is 0 Å². The van der Waals surface area contributed by atoms with Crippen molar-refractivity contribution >= 4 is 7.60 Å². The highest BCUT2D eigenvalue weighted by Gasteiger charge is 2.24. The molecule has 1 N–H and O–H groups in total. The third-order valence-electron chi connectivity index (χ3n) is 3.83. The lowest BCUT2D eigenvalue weighted by Crippen LogP contribution is -2.18. The maximum absolute atomic E-state index is 11.8. The molecule has 0 aliphatic carbocycles. The van der Waals surface area contributed by atoms with Crippen LogP contribution in [0.2, 0.25) is 0 Å². The van der Waals surface area contributed by atoms with Crippen molar-refractivity contribution < 1.29 is 14.0 Å². The molecule has 3 nitrogen and oxygen atoms in total. The number of benzene rings is 2. The van der Waals surface area contributed by atoms with Crippen LogP contribution >= 0.6 is 7.60 Å². The smallest absolute Gasteiger partial charge is 0.376 e. The summed E-state index contributed by atoms with van der Waals surface area (Å²) in [6.45, 7) is 6.18. The quantitative estimate of drug-likeness (QED) is 0.764. The first-order valence-electron chi connectivity index (χ1n) is 7.52. The molecule has 0 aliphatic rings. The van der Waals surface area contributed by atoms with Crippen LogP contribution in [-0.2, 0) is 9.98 Å². The molecule has 118 valence electrons. The normalized spacial score (nSPS) is 14.4. The van der Waals surface area contributed by atoms with Gasteiger partial charge in [-0.05, 0) is 29.7 Å². The molecule has 2 aromatic rings. The molecule has 0 saturated heterocycles. The van der Waals surface area contributed by atoms with Crippen molar-refractivity contribution in [1.29, 1.82) is 0 Å². The molecule has 0 aromatic heterocycles. The van der Waals surface area contributed by atoms with Gasteiger partial charge in [0, 0.05) is 5.41 Å². The Morgan fingerprint density at radius 1 is 1.00 bits per heavy atom. The van der Waals surface area contributed by atoms with Gasteiger partial charge in [0.1, 0.15) is 5.75 Å². The maximum atomic E-state index is 11.8. The highest BCUT2D eigenvalue weighted by molar-refractivity contribution is 7.53. The molecule has 0 fully saturated rings. The largest absolute Gasteiger partial charge is 0.424 e. The van der Waals surface area contributed by atoms with Crippen molar-refractivity contribution in [2.24, 2.45) is 0 Å². The summed E-state index contributed by atoms with van der Waals surface area (Å²) in [6.07, 6.45) is 0.789. The van der Waals surface area contributed by atoms with Gasteiger partial charge in [-0.1, -0.05) is 63.2 Å². The molecule has 0 radical (unpaired) electrons. The van der Waals surface area contributed by atoms with Crippen LogP contribution in [-0.4, -0.2) is 11.1 Å². The third-order valence-corrected chi connectivity index (χ3v) is 5.33. The fourth-order valence-electron chi connectivity index (χ4n) is 2.45. The number of rotatable bonds is 6. The molecular formula is C18H23O3P. The van der Waals surface area contributed by atoms with Crippen molar-refractivity contribution in [2.75, 3.05) is 6.16 Å². The molecule has 0 bridgehead atoms. The SMILES string of the molecule is CCCP(=O)(O)Oc1ccc(C(C)(C)c2ccccc2)cc1. The molecule has 0 saturated carbocycles. The van der Waals surface area contributed by atoms with Gasteiger partial charge < -0.3 is 9.42 Å². The van der Waals surface area contributed by atoms with Crippen molar-refractivity contribution in [1.82, 2.24) is 0 Å². The van der Waals surface area contributed by atoms with Crippen LogP contribution in [0.4, 0.5) is 0 Å². The first kappa shape index (κ1) is 16.8. The molecule has 0 spiro atoms. The van der Waals surface area contributed by atoms with Gasteiger partial charge in [0.2, 0.25) is 0 Å². The van der Waals surface area contributed by atoms with Crippen LogP contribution in [0, 0.1) is 0 Å². The van der Waals surface area contributed by atoms with E-state index in [1.165, 1.54) is 5.56 Å². The molecule has 0 aliphatic heterocycles. The van der Waals surface area contributed by atoms with Crippen LogP contribution in [0.15, 0.2) is 54.6 Å². The second kappa shape index (κ2) is 6.68. The summed E-state index contributed by atoms with van der Waals surface area (Å²) in [5.41, 5.74) is 2.23. The highest BCUT2D eigenvalue weighted by Crippen LogP contribution is 2.43. The Kier molecular flexibility index (Phi) is 5.10. The van der Waals surface area contributed by atoms with Gasteiger partial charge in [-0.3, -0.25) is 0 Å². The predicted octanol–water partition coefficient (Wildman–Crippen LogP) is 4.99. The molecule has 1 atom stereocenters. The molecule has 2 rings (SSSR count). The second-order valence-electron chi connectivity index (χ2n) is 5.97. The van der Waals surface area contributed by atoms with E-state index in [2.05, 4.69) is 26.0 Å². The fraction of sp³-hybridized carbons (Fsp3) is 0.333. The molecule has 0 amide bonds. The van der Waals surface area contributed by atoms with Crippen LogP contribution in [0.25, 0.3) is 0 Å². The minimum Gasteiger partial charge on any atom is -0.424 e. The average molecular weight is 318 g/mol. The monoisotopic (exact) mass is 318 g/mol. The van der Waals surface area contributed by atoms with Crippen molar-refractivity contribution in [3.05, 3.63) is 65.7 Å². The van der Waals surface area contributed by atoms with Crippen molar-refractivity contribution in [2.45, 2.75) is 32.6 Å². The van der Waals surface area contributed by atoms with E-state index in [1.54, 1.807) is 12.1 Å². The lowest BCUT2D eigenvalue weighted by atomic mass is 9.78. The van der Waals surface area contributed by atoms with Crippen molar-refractivity contribution in [3.8, 4) is 5.75 Å². The van der Waals surface area contributed by atoms with Crippen LogP contribution in [0.3, 0.4) is 0 Å². The average Bonchev–Trinajstić information content (AvgIpc) is 2.48. The predicted molar refractivity (Wildman–Crippen MR) is 90.6 cm³/mol. The molecule has 1 unspecified atom stereocenters. The van der Waals surface area contributed by atoms with Crippen LogP contribution < -0.4 is 4.52 Å². The van der Waals surface area contributed by atoms with E-state index in [4.69, 9.17) is 4.52 Å². The fourth-order valence-corrected chi connectivity index (χ4v) is 3.55. The highest BCUT2D eigenvalue weighted by atomic mass is 31.2. The van der Waals surface area contributed by atoms with Gasteiger partial charge in [-0.25, -0.2) is 4.57 Å². The first-order chi connectivity index (χ1) is 10.3. The molecule has 22 heavy (non-hydrogen) atoms. The maximum Gasteiger partial charge on any atom is 0.376 e. The Labute approximate surface area is 132 Å². The van der Waals surface area contributed by atoms with Crippen molar-refractivity contribution in [3.63, 3.8) is 0 Å². The summed E-state index contributed by atoms with van der Waals surface area (Å²) in [4.78, 5) is 9.71. The van der Waals surface area contributed by atoms with Gasteiger partial charge >= 0.3 is 7.60 Å². The molecular weight excluding hydrogens is 295 g/mol.